The van der Waals surface area contributed by atoms with Crippen LogP contribution >= 0.6 is 0 Å². The van der Waals surface area contributed by atoms with Gasteiger partial charge in [0.15, 0.2) is 6.10 Å². The highest BCUT2D eigenvalue weighted by Gasteiger charge is 2.19. The van der Waals surface area contributed by atoms with Crippen molar-refractivity contribution in [2.24, 2.45) is 0 Å². The van der Waals surface area contributed by atoms with E-state index in [0.717, 1.165) is 83.5 Å². The minimum atomic E-state index is -0.772. The van der Waals surface area contributed by atoms with Crippen molar-refractivity contribution in [3.05, 3.63) is 36.5 Å². The van der Waals surface area contributed by atoms with Crippen molar-refractivity contribution in [1.82, 2.24) is 0 Å². The zero-order valence-electron chi connectivity index (χ0n) is 47.1. The van der Waals surface area contributed by atoms with Crippen LogP contribution in [0.2, 0.25) is 0 Å². The smallest absolute Gasteiger partial charge is 0.306 e. The maximum atomic E-state index is 12.8. The summed E-state index contributed by atoms with van der Waals surface area (Å²) in [6.45, 7) is 6.54. The SMILES string of the molecule is CC/C=C\C/C=C\C/C=C\CCCCCCCCCC(=O)OC(COC(=O)CCCCCCCCCC)COC(=O)CCCCCCCCCCCCCCCCCCCCCCCCCCCCC. The number of hydrogen-bond donors (Lipinski definition) is 0. The molecule has 410 valence electrons. The van der Waals surface area contributed by atoms with E-state index in [-0.39, 0.29) is 31.1 Å². The molecule has 0 aromatic heterocycles. The van der Waals surface area contributed by atoms with E-state index in [1.165, 1.54) is 212 Å². The van der Waals surface area contributed by atoms with Gasteiger partial charge in [0.25, 0.3) is 0 Å². The van der Waals surface area contributed by atoms with Crippen molar-refractivity contribution >= 4 is 17.9 Å². The molecule has 0 aliphatic rings. The Balaban J connectivity index is 4.09. The zero-order chi connectivity index (χ0) is 50.7. The molecule has 0 fully saturated rings. The van der Waals surface area contributed by atoms with E-state index in [2.05, 4.69) is 57.2 Å². The third kappa shape index (κ3) is 56.5. The molecule has 6 nitrogen and oxygen atoms in total. The molecule has 0 N–H and O–H groups in total. The minimum Gasteiger partial charge on any atom is -0.462 e. The van der Waals surface area contributed by atoms with Crippen LogP contribution in [-0.2, 0) is 28.6 Å². The number of allylic oxidation sites excluding steroid dienone is 6. The van der Waals surface area contributed by atoms with E-state index in [1.54, 1.807) is 0 Å². The lowest BCUT2D eigenvalue weighted by atomic mass is 10.0. The predicted octanol–water partition coefficient (Wildman–Crippen LogP) is 20.8. The Hall–Kier alpha value is -2.37. The van der Waals surface area contributed by atoms with Crippen LogP contribution in [0, 0.1) is 0 Å². The summed E-state index contributed by atoms with van der Waals surface area (Å²) >= 11 is 0. The Labute approximate surface area is 435 Å². The maximum Gasteiger partial charge on any atom is 0.306 e. The molecule has 0 heterocycles. The van der Waals surface area contributed by atoms with Gasteiger partial charge in [-0.15, -0.1) is 0 Å². The van der Waals surface area contributed by atoms with Crippen LogP contribution in [0.15, 0.2) is 36.5 Å². The fourth-order valence-corrected chi connectivity index (χ4v) is 9.28. The Morgan fingerprint density at radius 1 is 0.300 bits per heavy atom. The molecule has 6 heteroatoms. The first-order valence-electron chi connectivity index (χ1n) is 31.0. The van der Waals surface area contributed by atoms with Crippen LogP contribution in [0.3, 0.4) is 0 Å². The summed E-state index contributed by atoms with van der Waals surface area (Å²) in [5.74, 6) is -0.867. The van der Waals surface area contributed by atoms with Crippen LogP contribution < -0.4 is 0 Å². The summed E-state index contributed by atoms with van der Waals surface area (Å²) in [4.78, 5) is 38.0. The van der Waals surface area contributed by atoms with Gasteiger partial charge in [0.1, 0.15) is 13.2 Å². The normalized spacial score (nSPS) is 12.2. The molecule has 0 rings (SSSR count). The van der Waals surface area contributed by atoms with Crippen molar-refractivity contribution in [1.29, 1.82) is 0 Å². The molecular weight excluding hydrogens is 865 g/mol. The summed E-state index contributed by atoms with van der Waals surface area (Å²) in [6, 6.07) is 0. The molecule has 0 radical (unpaired) electrons. The second-order valence-electron chi connectivity index (χ2n) is 21.0. The highest BCUT2D eigenvalue weighted by atomic mass is 16.6. The van der Waals surface area contributed by atoms with Gasteiger partial charge in [-0.2, -0.15) is 0 Å². The number of rotatable bonds is 57. The average Bonchev–Trinajstić information content (AvgIpc) is 3.36. The van der Waals surface area contributed by atoms with Gasteiger partial charge in [-0.1, -0.05) is 301 Å². The van der Waals surface area contributed by atoms with Crippen molar-refractivity contribution in [2.75, 3.05) is 13.2 Å². The van der Waals surface area contributed by atoms with Crippen LogP contribution in [0.1, 0.15) is 335 Å². The lowest BCUT2D eigenvalue weighted by molar-refractivity contribution is -0.167. The second-order valence-corrected chi connectivity index (χ2v) is 21.0. The van der Waals surface area contributed by atoms with Gasteiger partial charge in [0.05, 0.1) is 0 Å². The second kappa shape index (κ2) is 59.2. The number of carbonyl (C=O) groups is 3. The molecule has 0 aromatic carbocycles. The molecule has 1 unspecified atom stereocenters. The Morgan fingerprint density at radius 2 is 0.557 bits per heavy atom. The molecule has 0 amide bonds. The molecule has 0 saturated carbocycles. The number of carbonyl (C=O) groups excluding carboxylic acids is 3. The molecule has 0 aromatic rings. The molecule has 0 aliphatic heterocycles. The van der Waals surface area contributed by atoms with Crippen molar-refractivity contribution < 1.29 is 28.6 Å². The lowest BCUT2D eigenvalue weighted by Gasteiger charge is -2.18. The molecule has 0 saturated heterocycles. The monoisotopic (exact) mass is 983 g/mol. The standard InChI is InChI=1S/C64H118O6/c1-4-7-10-13-16-19-21-23-25-27-28-29-30-31-32-33-34-35-36-38-39-41-43-45-48-51-54-57-63(66)69-60-61(59-68-62(65)56-53-50-47-18-15-12-9-6-3)70-64(67)58-55-52-49-46-44-42-40-37-26-24-22-20-17-14-11-8-5-2/h8,11,17,20,24,26,61H,4-7,9-10,12-16,18-19,21-23,25,27-60H2,1-3H3/b11-8-,20-17-,26-24-. The molecule has 0 bridgehead atoms. The summed E-state index contributed by atoms with van der Waals surface area (Å²) in [5, 5.41) is 0. The fourth-order valence-electron chi connectivity index (χ4n) is 9.28. The fraction of sp³-hybridized carbons (Fsp3) is 0.859. The minimum absolute atomic E-state index is 0.0718. The lowest BCUT2D eigenvalue weighted by Crippen LogP contribution is -2.30. The van der Waals surface area contributed by atoms with E-state index >= 15 is 0 Å². The maximum absolute atomic E-state index is 12.8. The van der Waals surface area contributed by atoms with Gasteiger partial charge < -0.3 is 14.2 Å². The Morgan fingerprint density at radius 3 is 0.871 bits per heavy atom. The summed E-state index contributed by atoms with van der Waals surface area (Å²) in [7, 11) is 0. The first-order valence-corrected chi connectivity index (χ1v) is 31.0. The highest BCUT2D eigenvalue weighted by Crippen LogP contribution is 2.18. The Kier molecular flexibility index (Phi) is 57.2. The third-order valence-electron chi connectivity index (χ3n) is 13.9. The van der Waals surface area contributed by atoms with E-state index in [9.17, 15) is 14.4 Å². The molecule has 0 aliphatic carbocycles. The van der Waals surface area contributed by atoms with E-state index in [4.69, 9.17) is 14.2 Å². The van der Waals surface area contributed by atoms with E-state index in [0.29, 0.717) is 19.3 Å². The van der Waals surface area contributed by atoms with Gasteiger partial charge >= 0.3 is 17.9 Å². The van der Waals surface area contributed by atoms with Crippen LogP contribution in [-0.4, -0.2) is 37.2 Å². The predicted molar refractivity (Wildman–Crippen MR) is 302 cm³/mol. The first kappa shape index (κ1) is 67.6. The van der Waals surface area contributed by atoms with Gasteiger partial charge in [0, 0.05) is 19.3 Å². The van der Waals surface area contributed by atoms with Gasteiger partial charge in [0.2, 0.25) is 0 Å². The number of esters is 3. The van der Waals surface area contributed by atoms with E-state index in [1.807, 2.05) is 0 Å². The van der Waals surface area contributed by atoms with Crippen molar-refractivity contribution in [3.63, 3.8) is 0 Å². The van der Waals surface area contributed by atoms with Crippen LogP contribution in [0.4, 0.5) is 0 Å². The number of unbranched alkanes of at least 4 members (excludes halogenated alkanes) is 40. The number of hydrogen-bond acceptors (Lipinski definition) is 6. The molecule has 70 heavy (non-hydrogen) atoms. The zero-order valence-corrected chi connectivity index (χ0v) is 47.1. The van der Waals surface area contributed by atoms with E-state index < -0.39 is 6.10 Å². The molecular formula is C64H118O6. The molecule has 1 atom stereocenters. The molecule has 0 spiro atoms. The van der Waals surface area contributed by atoms with Crippen LogP contribution in [0.5, 0.6) is 0 Å². The highest BCUT2D eigenvalue weighted by molar-refractivity contribution is 5.71. The number of ether oxygens (including phenoxy) is 3. The summed E-state index contributed by atoms with van der Waals surface area (Å²) in [5.41, 5.74) is 0. The topological polar surface area (TPSA) is 78.9 Å². The van der Waals surface area contributed by atoms with Gasteiger partial charge in [-0.25, -0.2) is 0 Å². The third-order valence-corrected chi connectivity index (χ3v) is 13.9. The largest absolute Gasteiger partial charge is 0.462 e. The average molecular weight is 984 g/mol. The first-order chi connectivity index (χ1) is 34.5. The van der Waals surface area contributed by atoms with Crippen molar-refractivity contribution in [2.45, 2.75) is 341 Å². The van der Waals surface area contributed by atoms with Gasteiger partial charge in [-0.05, 0) is 51.4 Å². The van der Waals surface area contributed by atoms with Gasteiger partial charge in [-0.3, -0.25) is 14.4 Å². The summed E-state index contributed by atoms with van der Waals surface area (Å²) < 4.78 is 16.8. The van der Waals surface area contributed by atoms with Crippen LogP contribution in [0.25, 0.3) is 0 Å². The van der Waals surface area contributed by atoms with Crippen molar-refractivity contribution in [3.8, 4) is 0 Å². The quantitative estimate of drug-likeness (QED) is 0.0261. The Bertz CT molecular complexity index is 1170. The summed E-state index contributed by atoms with van der Waals surface area (Å²) in [6.07, 6.45) is 71.8.